The number of carbonyl (C=O) groups excluding carboxylic acids is 1. The lowest BCUT2D eigenvalue weighted by molar-refractivity contribution is -0.121. The molecule has 3 aromatic rings. The first-order valence-corrected chi connectivity index (χ1v) is 10.9. The number of likely N-dealkylation sites (tertiary alicyclic amines) is 1. The van der Waals surface area contributed by atoms with Crippen LogP contribution in [0.15, 0.2) is 72.8 Å². The molecular formula is C27H30N2O2. The fourth-order valence-corrected chi connectivity index (χ4v) is 4.25. The zero-order valence-electron chi connectivity index (χ0n) is 18.3. The number of amides is 1. The molecule has 1 aliphatic rings. The molecule has 1 aliphatic heterocycles. The second kappa shape index (κ2) is 9.80. The molecule has 0 unspecified atom stereocenters. The minimum atomic E-state index is 0.0477. The highest BCUT2D eigenvalue weighted by Gasteiger charge is 2.25. The summed E-state index contributed by atoms with van der Waals surface area (Å²) >= 11 is 0. The second-order valence-electron chi connectivity index (χ2n) is 8.24. The summed E-state index contributed by atoms with van der Waals surface area (Å²) in [4.78, 5) is 15.5. The summed E-state index contributed by atoms with van der Waals surface area (Å²) in [5.41, 5.74) is 5.59. The third-order valence-electron chi connectivity index (χ3n) is 6.18. The molecule has 160 valence electrons. The summed E-state index contributed by atoms with van der Waals surface area (Å²) in [6.45, 7) is 5.02. The molecule has 4 rings (SSSR count). The third kappa shape index (κ3) is 5.15. The van der Waals surface area contributed by atoms with Gasteiger partial charge in [-0.05, 0) is 67.7 Å². The smallest absolute Gasteiger partial charge is 0.227 e. The van der Waals surface area contributed by atoms with E-state index in [1.807, 2.05) is 48.5 Å². The van der Waals surface area contributed by atoms with Crippen molar-refractivity contribution in [1.82, 2.24) is 4.90 Å². The van der Waals surface area contributed by atoms with E-state index in [0.29, 0.717) is 0 Å². The lowest BCUT2D eigenvalue weighted by Gasteiger charge is -2.31. The number of rotatable bonds is 6. The van der Waals surface area contributed by atoms with Crippen LogP contribution in [0.2, 0.25) is 0 Å². The van der Waals surface area contributed by atoms with Crippen molar-refractivity contribution in [2.75, 3.05) is 25.5 Å². The van der Waals surface area contributed by atoms with Crippen molar-refractivity contribution in [1.29, 1.82) is 0 Å². The van der Waals surface area contributed by atoms with E-state index in [1.165, 1.54) is 11.1 Å². The quantitative estimate of drug-likeness (QED) is 0.577. The molecule has 0 radical (unpaired) electrons. The van der Waals surface area contributed by atoms with Gasteiger partial charge < -0.3 is 10.1 Å². The highest BCUT2D eigenvalue weighted by molar-refractivity contribution is 5.96. The molecule has 1 amide bonds. The van der Waals surface area contributed by atoms with Gasteiger partial charge in [0, 0.05) is 23.7 Å². The molecule has 3 aromatic carbocycles. The third-order valence-corrected chi connectivity index (χ3v) is 6.18. The molecule has 0 aliphatic carbocycles. The molecule has 0 saturated carbocycles. The highest BCUT2D eigenvalue weighted by atomic mass is 16.5. The van der Waals surface area contributed by atoms with Gasteiger partial charge in [0.15, 0.2) is 0 Å². The van der Waals surface area contributed by atoms with E-state index in [4.69, 9.17) is 4.74 Å². The minimum absolute atomic E-state index is 0.0477. The Labute approximate surface area is 184 Å². The van der Waals surface area contributed by atoms with Crippen molar-refractivity contribution in [2.24, 2.45) is 5.92 Å². The Bertz CT molecular complexity index is 1040. The Kier molecular flexibility index (Phi) is 6.68. The fourth-order valence-electron chi connectivity index (χ4n) is 4.25. The van der Waals surface area contributed by atoms with Crippen molar-refractivity contribution in [2.45, 2.75) is 26.3 Å². The van der Waals surface area contributed by atoms with Crippen LogP contribution in [0.5, 0.6) is 5.75 Å². The van der Waals surface area contributed by atoms with Crippen LogP contribution in [0.1, 0.15) is 24.0 Å². The maximum absolute atomic E-state index is 13.0. The SMILES string of the molecule is COc1cccc(-c2ccccc2NC(=O)C2CCN(Cc3ccccc3C)CC2)c1. The number of aryl methyl sites for hydroxylation is 1. The number of ether oxygens (including phenoxy) is 1. The van der Waals surface area contributed by atoms with Gasteiger partial charge in [-0.1, -0.05) is 54.6 Å². The van der Waals surface area contributed by atoms with Crippen LogP contribution in [0.4, 0.5) is 5.69 Å². The van der Waals surface area contributed by atoms with E-state index in [9.17, 15) is 4.79 Å². The maximum atomic E-state index is 13.0. The first kappa shape index (κ1) is 21.1. The lowest BCUT2D eigenvalue weighted by Crippen LogP contribution is -2.37. The largest absolute Gasteiger partial charge is 0.497 e. The summed E-state index contributed by atoms with van der Waals surface area (Å²) in [5.74, 6) is 0.969. The van der Waals surface area contributed by atoms with Gasteiger partial charge >= 0.3 is 0 Å². The molecule has 4 nitrogen and oxygen atoms in total. The van der Waals surface area contributed by atoms with Crippen LogP contribution < -0.4 is 10.1 Å². The molecule has 0 bridgehead atoms. The normalized spacial score (nSPS) is 14.9. The highest BCUT2D eigenvalue weighted by Crippen LogP contribution is 2.31. The van der Waals surface area contributed by atoms with Crippen LogP contribution >= 0.6 is 0 Å². The molecule has 1 fully saturated rings. The Balaban J connectivity index is 1.39. The van der Waals surface area contributed by atoms with Crippen molar-refractivity contribution in [3.8, 4) is 16.9 Å². The number of anilines is 1. The van der Waals surface area contributed by atoms with E-state index < -0.39 is 0 Å². The summed E-state index contributed by atoms with van der Waals surface area (Å²) in [6.07, 6.45) is 1.78. The summed E-state index contributed by atoms with van der Waals surface area (Å²) in [7, 11) is 1.66. The van der Waals surface area contributed by atoms with Gasteiger partial charge in [0.05, 0.1) is 7.11 Å². The van der Waals surface area contributed by atoms with E-state index in [2.05, 4.69) is 41.4 Å². The van der Waals surface area contributed by atoms with Crippen LogP contribution in [0.25, 0.3) is 11.1 Å². The van der Waals surface area contributed by atoms with Gasteiger partial charge in [0.2, 0.25) is 5.91 Å². The van der Waals surface area contributed by atoms with E-state index in [-0.39, 0.29) is 11.8 Å². The molecule has 1 saturated heterocycles. The number of carbonyl (C=O) groups is 1. The zero-order valence-corrected chi connectivity index (χ0v) is 18.3. The number of nitrogens with one attached hydrogen (secondary N) is 1. The Morgan fingerprint density at radius 1 is 1.00 bits per heavy atom. The van der Waals surface area contributed by atoms with Crippen LogP contribution in [-0.2, 0) is 11.3 Å². The van der Waals surface area contributed by atoms with Crippen molar-refractivity contribution >= 4 is 11.6 Å². The zero-order chi connectivity index (χ0) is 21.6. The number of nitrogens with zero attached hydrogens (tertiary/aromatic N) is 1. The lowest BCUT2D eigenvalue weighted by atomic mass is 9.94. The van der Waals surface area contributed by atoms with Crippen LogP contribution in [0, 0.1) is 12.8 Å². The molecule has 0 spiro atoms. The van der Waals surface area contributed by atoms with Crippen LogP contribution in [0.3, 0.4) is 0 Å². The summed E-state index contributed by atoms with van der Waals surface area (Å²) in [5, 5.41) is 3.19. The number of hydrogen-bond donors (Lipinski definition) is 1. The first-order chi connectivity index (χ1) is 15.1. The number of methoxy groups -OCH3 is 1. The number of hydrogen-bond acceptors (Lipinski definition) is 3. The van der Waals surface area contributed by atoms with Gasteiger partial charge in [0.25, 0.3) is 0 Å². The van der Waals surface area contributed by atoms with Crippen molar-refractivity contribution < 1.29 is 9.53 Å². The fraction of sp³-hybridized carbons (Fsp3) is 0.296. The second-order valence-corrected chi connectivity index (χ2v) is 8.24. The Morgan fingerprint density at radius 3 is 2.52 bits per heavy atom. The van der Waals surface area contributed by atoms with Crippen molar-refractivity contribution in [3.63, 3.8) is 0 Å². The van der Waals surface area contributed by atoms with E-state index >= 15 is 0 Å². The summed E-state index contributed by atoms with van der Waals surface area (Å²) < 4.78 is 5.36. The molecule has 0 atom stereocenters. The van der Waals surface area contributed by atoms with Gasteiger partial charge in [-0.2, -0.15) is 0 Å². The predicted octanol–water partition coefficient (Wildman–Crippen LogP) is 5.52. The molecule has 4 heteroatoms. The average molecular weight is 415 g/mol. The van der Waals surface area contributed by atoms with E-state index in [1.54, 1.807) is 7.11 Å². The first-order valence-electron chi connectivity index (χ1n) is 10.9. The summed E-state index contributed by atoms with van der Waals surface area (Å²) in [6, 6.07) is 24.4. The number of para-hydroxylation sites is 1. The topological polar surface area (TPSA) is 41.6 Å². The monoisotopic (exact) mass is 414 g/mol. The van der Waals surface area contributed by atoms with Crippen LogP contribution in [-0.4, -0.2) is 31.0 Å². The van der Waals surface area contributed by atoms with Gasteiger partial charge in [0.1, 0.15) is 5.75 Å². The standard InChI is InChI=1S/C27H30N2O2/c1-20-8-3-4-9-23(20)19-29-16-14-21(15-17-29)27(30)28-26-13-6-5-12-25(26)22-10-7-11-24(18-22)31-2/h3-13,18,21H,14-17,19H2,1-2H3,(H,28,30). The van der Waals surface area contributed by atoms with E-state index in [0.717, 1.165) is 55.0 Å². The number of benzene rings is 3. The molecule has 1 N–H and O–H groups in total. The number of piperidine rings is 1. The minimum Gasteiger partial charge on any atom is -0.497 e. The Morgan fingerprint density at radius 2 is 1.74 bits per heavy atom. The van der Waals surface area contributed by atoms with Crippen molar-refractivity contribution in [3.05, 3.63) is 83.9 Å². The van der Waals surface area contributed by atoms with Gasteiger partial charge in [-0.3, -0.25) is 9.69 Å². The Hall–Kier alpha value is -3.11. The molecular weight excluding hydrogens is 384 g/mol. The average Bonchev–Trinajstić information content (AvgIpc) is 2.81. The van der Waals surface area contributed by atoms with Gasteiger partial charge in [-0.15, -0.1) is 0 Å². The molecule has 1 heterocycles. The van der Waals surface area contributed by atoms with Gasteiger partial charge in [-0.25, -0.2) is 0 Å². The molecule has 31 heavy (non-hydrogen) atoms. The predicted molar refractivity (Wildman–Crippen MR) is 126 cm³/mol. The molecule has 0 aromatic heterocycles. The maximum Gasteiger partial charge on any atom is 0.227 e.